The molecule has 0 spiro atoms. The summed E-state index contributed by atoms with van der Waals surface area (Å²) in [4.78, 5) is 48.7. The molecule has 2 bridgehead atoms. The fourth-order valence-electron chi connectivity index (χ4n) is 4.60. The van der Waals surface area contributed by atoms with Crippen LogP contribution < -0.4 is 0 Å². The summed E-state index contributed by atoms with van der Waals surface area (Å²) >= 11 is 0. The summed E-state index contributed by atoms with van der Waals surface area (Å²) in [7, 11) is 0. The molecule has 3 rings (SSSR count). The fourth-order valence-corrected chi connectivity index (χ4v) is 4.60. The number of hydrogen-bond donors (Lipinski definition) is 1. The van der Waals surface area contributed by atoms with Crippen LogP contribution >= 0.6 is 0 Å². The zero-order valence-corrected chi connectivity index (χ0v) is 17.4. The Morgan fingerprint density at radius 3 is 2.37 bits per heavy atom. The molecule has 0 radical (unpaired) electrons. The third-order valence-corrected chi connectivity index (χ3v) is 6.14. The number of epoxide rings is 1. The van der Waals surface area contributed by atoms with Gasteiger partial charge in [-0.2, -0.15) is 0 Å². The average Bonchev–Trinajstić information content (AvgIpc) is 3.47. The molecule has 0 aromatic carbocycles. The van der Waals surface area contributed by atoms with Gasteiger partial charge in [0.2, 0.25) is 0 Å². The van der Waals surface area contributed by atoms with Gasteiger partial charge in [-0.15, -0.1) is 0 Å². The Balaban J connectivity index is 2.19. The number of carbonyl (C=O) groups excluding carboxylic acids is 4. The maximum absolute atomic E-state index is 12.6. The minimum absolute atomic E-state index is 0.0616. The second kappa shape index (κ2) is 7.31. The lowest BCUT2D eigenvalue weighted by atomic mass is 9.54. The number of esters is 3. The van der Waals surface area contributed by atoms with Crippen LogP contribution in [0.4, 0.5) is 0 Å². The van der Waals surface area contributed by atoms with Crippen LogP contribution in [0.1, 0.15) is 27.7 Å². The van der Waals surface area contributed by atoms with Gasteiger partial charge >= 0.3 is 17.9 Å². The fraction of sp³-hybridized carbons (Fsp3) is 0.619. The van der Waals surface area contributed by atoms with E-state index in [0.29, 0.717) is 12.9 Å². The molecule has 9 heteroatoms. The first-order valence-corrected chi connectivity index (χ1v) is 9.60. The number of aliphatic hydroxyl groups is 1. The summed E-state index contributed by atoms with van der Waals surface area (Å²) in [6.45, 7) is 13.3. The van der Waals surface area contributed by atoms with Crippen molar-refractivity contribution in [3.05, 3.63) is 24.3 Å². The summed E-state index contributed by atoms with van der Waals surface area (Å²) in [6, 6.07) is 0. The highest BCUT2D eigenvalue weighted by Gasteiger charge is 2.70. The van der Waals surface area contributed by atoms with Gasteiger partial charge in [0.25, 0.3) is 0 Å². The van der Waals surface area contributed by atoms with Crippen molar-refractivity contribution in [3.63, 3.8) is 0 Å². The smallest absolute Gasteiger partial charge is 0.337 e. The number of ether oxygens (including phenoxy) is 4. The van der Waals surface area contributed by atoms with Gasteiger partial charge in [-0.3, -0.25) is 9.59 Å². The Morgan fingerprint density at radius 2 is 1.90 bits per heavy atom. The van der Waals surface area contributed by atoms with Crippen molar-refractivity contribution in [3.8, 4) is 0 Å². The molecule has 2 aliphatic heterocycles. The van der Waals surface area contributed by atoms with Crippen LogP contribution in [-0.2, 0) is 38.1 Å². The molecular formula is C21H26O9. The minimum atomic E-state index is -1.84. The second-order valence-electron chi connectivity index (χ2n) is 8.74. The lowest BCUT2D eigenvalue weighted by Gasteiger charge is -2.57. The first kappa shape index (κ1) is 22.2. The summed E-state index contributed by atoms with van der Waals surface area (Å²) in [5, 5.41) is 10.1. The van der Waals surface area contributed by atoms with E-state index in [1.165, 1.54) is 20.8 Å². The summed E-state index contributed by atoms with van der Waals surface area (Å²) in [5.74, 6) is -4.14. The van der Waals surface area contributed by atoms with Gasteiger partial charge in [0.1, 0.15) is 24.6 Å². The van der Waals surface area contributed by atoms with Gasteiger partial charge in [0.15, 0.2) is 5.60 Å². The van der Waals surface area contributed by atoms with E-state index in [0.717, 1.165) is 0 Å². The van der Waals surface area contributed by atoms with E-state index in [1.54, 1.807) is 6.92 Å². The van der Waals surface area contributed by atoms with Crippen molar-refractivity contribution in [2.45, 2.75) is 57.7 Å². The molecule has 7 unspecified atom stereocenters. The van der Waals surface area contributed by atoms with Gasteiger partial charge in [0.05, 0.1) is 18.6 Å². The Kier molecular flexibility index (Phi) is 5.41. The van der Waals surface area contributed by atoms with Crippen LogP contribution in [0.5, 0.6) is 0 Å². The number of rotatable bonds is 6. The first-order chi connectivity index (χ1) is 13.8. The predicted octanol–water partition coefficient (Wildman–Crippen LogP) is 0.489. The van der Waals surface area contributed by atoms with E-state index >= 15 is 0 Å². The molecule has 1 N–H and O–H groups in total. The molecule has 30 heavy (non-hydrogen) atoms. The summed E-state index contributed by atoms with van der Waals surface area (Å²) in [6.07, 6.45) is -3.07. The molecule has 7 atom stereocenters. The van der Waals surface area contributed by atoms with Crippen molar-refractivity contribution in [2.75, 3.05) is 6.61 Å². The van der Waals surface area contributed by atoms with Crippen molar-refractivity contribution in [1.82, 2.24) is 0 Å². The molecule has 0 amide bonds. The van der Waals surface area contributed by atoms with Crippen molar-refractivity contribution >= 4 is 24.2 Å². The molecule has 0 aromatic rings. The van der Waals surface area contributed by atoms with Gasteiger partial charge in [-0.25, -0.2) is 9.59 Å². The largest absolute Gasteiger partial charge is 0.459 e. The number of carbonyl (C=O) groups is 4. The van der Waals surface area contributed by atoms with Crippen molar-refractivity contribution < 1.29 is 43.2 Å². The third-order valence-electron chi connectivity index (χ3n) is 6.14. The summed E-state index contributed by atoms with van der Waals surface area (Å²) < 4.78 is 22.3. The average molecular weight is 422 g/mol. The molecule has 164 valence electrons. The van der Waals surface area contributed by atoms with Crippen LogP contribution in [0.3, 0.4) is 0 Å². The highest BCUT2D eigenvalue weighted by Crippen LogP contribution is 2.58. The zero-order valence-electron chi connectivity index (χ0n) is 17.4. The SMILES string of the molecule is C=C1C(=O)OC2C(OC(C)=O)C1C(OC(=O)C(C)(C)O)C(C(=C)C=O)C2(C)C1CO1. The molecule has 2 saturated heterocycles. The van der Waals surface area contributed by atoms with Crippen molar-refractivity contribution in [2.24, 2.45) is 17.3 Å². The molecule has 2 heterocycles. The van der Waals surface area contributed by atoms with E-state index in [9.17, 15) is 24.3 Å². The molecule has 3 aliphatic rings. The molecule has 1 aliphatic carbocycles. The quantitative estimate of drug-likeness (QED) is 0.214. The lowest BCUT2D eigenvalue weighted by molar-refractivity contribution is -0.237. The van der Waals surface area contributed by atoms with E-state index < -0.39 is 65.2 Å². The third kappa shape index (κ3) is 3.45. The lowest BCUT2D eigenvalue weighted by Crippen LogP contribution is -2.69. The van der Waals surface area contributed by atoms with Gasteiger partial charge in [-0.1, -0.05) is 20.1 Å². The molecule has 9 nitrogen and oxygen atoms in total. The Morgan fingerprint density at radius 1 is 1.30 bits per heavy atom. The normalized spacial score (nSPS) is 37.6. The van der Waals surface area contributed by atoms with Crippen LogP contribution in [0, 0.1) is 17.3 Å². The standard InChI is InChI=1S/C21H26O9/c1-9(7-22)14-15(29-19(25)20(4,5)26)13-10(2)18(24)30-17(16(13)28-11(3)23)21(14,6)12-8-27-12/h7,12-17,26H,1-2,8H2,3-6H3. The number of fused-ring (bicyclic) bond motifs is 2. The topological polar surface area (TPSA) is 129 Å². The van der Waals surface area contributed by atoms with Gasteiger partial charge in [-0.05, 0) is 19.4 Å². The summed E-state index contributed by atoms with van der Waals surface area (Å²) in [5.41, 5.74) is -2.89. The molecule has 0 aromatic heterocycles. The molecular weight excluding hydrogens is 396 g/mol. The van der Waals surface area contributed by atoms with Gasteiger partial charge in [0, 0.05) is 23.8 Å². The number of aldehydes is 1. The van der Waals surface area contributed by atoms with Crippen LogP contribution in [0.2, 0.25) is 0 Å². The maximum atomic E-state index is 12.6. The van der Waals surface area contributed by atoms with Crippen molar-refractivity contribution in [1.29, 1.82) is 0 Å². The van der Waals surface area contributed by atoms with Crippen LogP contribution in [0.25, 0.3) is 0 Å². The molecule has 1 saturated carbocycles. The van der Waals surface area contributed by atoms with Crippen LogP contribution in [-0.4, -0.2) is 65.9 Å². The Hall–Kier alpha value is -2.52. The zero-order chi connectivity index (χ0) is 22.6. The van der Waals surface area contributed by atoms with Gasteiger partial charge < -0.3 is 24.1 Å². The monoisotopic (exact) mass is 422 g/mol. The van der Waals surface area contributed by atoms with E-state index in [1.807, 2.05) is 0 Å². The second-order valence-corrected chi connectivity index (χ2v) is 8.74. The van der Waals surface area contributed by atoms with Crippen LogP contribution in [0.15, 0.2) is 24.3 Å². The minimum Gasteiger partial charge on any atom is -0.459 e. The maximum Gasteiger partial charge on any atom is 0.337 e. The van der Waals surface area contributed by atoms with E-state index in [-0.39, 0.29) is 11.1 Å². The number of hydrogen-bond acceptors (Lipinski definition) is 9. The first-order valence-electron chi connectivity index (χ1n) is 9.60. The van der Waals surface area contributed by atoms with E-state index in [4.69, 9.17) is 18.9 Å². The van der Waals surface area contributed by atoms with E-state index in [2.05, 4.69) is 13.2 Å². The Labute approximate surface area is 174 Å². The highest BCUT2D eigenvalue weighted by molar-refractivity contribution is 5.90. The predicted molar refractivity (Wildman–Crippen MR) is 101 cm³/mol. The molecule has 3 fully saturated rings. The highest BCUT2D eigenvalue weighted by atomic mass is 16.6. The Bertz CT molecular complexity index is 819.